The summed E-state index contributed by atoms with van der Waals surface area (Å²) in [6, 6.07) is 2.11. The number of fused-ring (bicyclic) bond motifs is 4. The lowest BCUT2D eigenvalue weighted by Gasteiger charge is -2.57. The molecule has 1 aromatic rings. The lowest BCUT2D eigenvalue weighted by atomic mass is 9.48. The van der Waals surface area contributed by atoms with Crippen LogP contribution in [0, 0.1) is 63.1 Å². The van der Waals surface area contributed by atoms with Gasteiger partial charge < -0.3 is 0 Å². The summed E-state index contributed by atoms with van der Waals surface area (Å²) >= 11 is 0. The minimum atomic E-state index is 0.169. The summed E-state index contributed by atoms with van der Waals surface area (Å²) < 4.78 is 1.67. The topological polar surface area (TPSA) is 58.7 Å². The highest BCUT2D eigenvalue weighted by molar-refractivity contribution is 5.82. The molecular weight excluding hydrogens is 382 g/mol. The molecule has 5 aliphatic rings. The quantitative estimate of drug-likeness (QED) is 0.639. The van der Waals surface area contributed by atoms with Gasteiger partial charge in [0, 0.05) is 12.1 Å². The molecule has 4 nitrogen and oxygen atoms in total. The van der Waals surface area contributed by atoms with Crippen molar-refractivity contribution in [3.8, 4) is 6.07 Å². The lowest BCUT2D eigenvalue weighted by Crippen LogP contribution is -2.51. The van der Waals surface area contributed by atoms with E-state index in [0.717, 1.165) is 36.0 Å². The highest BCUT2D eigenvalue weighted by atomic mass is 16.1. The van der Waals surface area contributed by atoms with Crippen LogP contribution in [0.25, 0.3) is 0 Å². The van der Waals surface area contributed by atoms with Crippen LogP contribution < -0.4 is 0 Å². The van der Waals surface area contributed by atoms with Crippen molar-refractivity contribution in [3.63, 3.8) is 0 Å². The van der Waals surface area contributed by atoms with Crippen LogP contribution in [0.5, 0.6) is 0 Å². The maximum absolute atomic E-state index is 13.3. The third kappa shape index (κ3) is 2.71. The van der Waals surface area contributed by atoms with Crippen LogP contribution >= 0.6 is 0 Å². The van der Waals surface area contributed by atoms with E-state index < -0.39 is 0 Å². The van der Waals surface area contributed by atoms with Crippen molar-refractivity contribution >= 4 is 5.78 Å². The molecule has 5 aliphatic carbocycles. The summed E-state index contributed by atoms with van der Waals surface area (Å²) in [7, 11) is 0. The first-order chi connectivity index (χ1) is 14.8. The fraction of sp³-hybridized carbons (Fsp3) is 0.815. The summed E-state index contributed by atoms with van der Waals surface area (Å²) in [5.41, 5.74) is 1.97. The van der Waals surface area contributed by atoms with Gasteiger partial charge in [-0.1, -0.05) is 20.8 Å². The summed E-state index contributed by atoms with van der Waals surface area (Å²) in [4.78, 5) is 13.3. The molecule has 2 unspecified atom stereocenters. The second-order valence-electron chi connectivity index (χ2n) is 12.8. The van der Waals surface area contributed by atoms with E-state index in [1.165, 1.54) is 51.4 Å². The number of nitrogens with zero attached hydrogens (tertiary/aromatic N) is 3. The number of aromatic nitrogens is 2. The molecular formula is C27H37N3O. The first-order valence-corrected chi connectivity index (χ1v) is 12.7. The zero-order chi connectivity index (χ0) is 21.6. The number of nitriles is 1. The Balaban J connectivity index is 1.20. The highest BCUT2D eigenvalue weighted by Gasteiger charge is 2.70. The molecule has 0 aromatic carbocycles. The van der Waals surface area contributed by atoms with Crippen LogP contribution in [0.3, 0.4) is 0 Å². The molecule has 5 fully saturated rings. The Bertz CT molecular complexity index is 956. The Morgan fingerprint density at radius 2 is 1.87 bits per heavy atom. The zero-order valence-corrected chi connectivity index (χ0v) is 19.4. The molecule has 0 radical (unpaired) electrons. The summed E-state index contributed by atoms with van der Waals surface area (Å²) in [6.45, 7) is 7.82. The molecule has 8 atom stereocenters. The molecule has 6 rings (SSSR count). The number of rotatable bonds is 3. The number of ketones is 1. The third-order valence-electron chi connectivity index (χ3n) is 11.3. The van der Waals surface area contributed by atoms with Crippen molar-refractivity contribution in [1.29, 1.82) is 5.26 Å². The van der Waals surface area contributed by atoms with E-state index in [2.05, 4.69) is 31.9 Å². The summed E-state index contributed by atoms with van der Waals surface area (Å²) in [5.74, 6) is 4.97. The van der Waals surface area contributed by atoms with Gasteiger partial charge in [0.15, 0.2) is 5.78 Å². The van der Waals surface area contributed by atoms with Crippen LogP contribution in [0.2, 0.25) is 0 Å². The van der Waals surface area contributed by atoms with Crippen molar-refractivity contribution in [2.45, 2.75) is 85.1 Å². The van der Waals surface area contributed by atoms with Crippen molar-refractivity contribution in [1.82, 2.24) is 9.78 Å². The number of hydrogen-bond acceptors (Lipinski definition) is 3. The van der Waals surface area contributed by atoms with Crippen LogP contribution in [-0.2, 0) is 11.3 Å². The zero-order valence-electron chi connectivity index (χ0n) is 19.4. The van der Waals surface area contributed by atoms with Crippen molar-refractivity contribution < 1.29 is 4.79 Å². The molecule has 31 heavy (non-hydrogen) atoms. The first kappa shape index (κ1) is 20.0. The maximum Gasteiger partial charge on any atom is 0.157 e. The second kappa shape index (κ2) is 6.46. The van der Waals surface area contributed by atoms with Gasteiger partial charge in [-0.15, -0.1) is 0 Å². The number of carbonyl (C=O) groups excluding carboxylic acids is 1. The van der Waals surface area contributed by atoms with E-state index in [-0.39, 0.29) is 11.3 Å². The number of Topliss-reactive ketones (excluding diaryl/α,β-unsaturated/α-hetero) is 1. The molecule has 1 heterocycles. The molecule has 0 bridgehead atoms. The van der Waals surface area contributed by atoms with Gasteiger partial charge >= 0.3 is 0 Å². The van der Waals surface area contributed by atoms with Gasteiger partial charge in [-0.05, 0) is 104 Å². The molecule has 0 N–H and O–H groups in total. The van der Waals surface area contributed by atoms with Crippen LogP contribution in [0.15, 0.2) is 12.4 Å². The Kier molecular flexibility index (Phi) is 4.17. The Hall–Kier alpha value is -1.63. The van der Waals surface area contributed by atoms with E-state index in [4.69, 9.17) is 5.26 Å². The smallest absolute Gasteiger partial charge is 0.157 e. The van der Waals surface area contributed by atoms with Crippen molar-refractivity contribution in [2.75, 3.05) is 0 Å². The van der Waals surface area contributed by atoms with E-state index >= 15 is 0 Å². The molecule has 1 aromatic heterocycles. The SMILES string of the molecule is CC1(C)CC[C@@H]2[C@H]3CC[C@]4(C)[C@@H](C(=O)Cn5cc(C#N)cn5)CC[C@H]4[C@@H]3CCC23CC13. The Morgan fingerprint density at radius 1 is 1.10 bits per heavy atom. The normalized spacial score (nSPS) is 46.8. The minimum Gasteiger partial charge on any atom is -0.297 e. The standard InChI is InChI=1S/C27H37N3O/c1-25(2)9-8-21-19-6-10-26(3)20(18(19)7-11-27(21)12-24(25)27)4-5-22(26)23(31)16-30-15-17(13-28)14-29-30/h14-15,18-22,24H,4-12,16H2,1-3H3/t18-,19+,20+,21-,22-,24?,26+,27?/m1/s1. The van der Waals surface area contributed by atoms with Gasteiger partial charge in [-0.3, -0.25) is 9.48 Å². The van der Waals surface area contributed by atoms with E-state index in [1.54, 1.807) is 17.1 Å². The van der Waals surface area contributed by atoms with Gasteiger partial charge in [-0.2, -0.15) is 10.4 Å². The first-order valence-electron chi connectivity index (χ1n) is 12.7. The van der Waals surface area contributed by atoms with Crippen LogP contribution in [0.1, 0.15) is 84.1 Å². The average Bonchev–Trinajstić information content (AvgIpc) is 3.13. The Morgan fingerprint density at radius 3 is 2.65 bits per heavy atom. The molecule has 1 spiro atoms. The molecule has 0 saturated heterocycles. The predicted molar refractivity (Wildman–Crippen MR) is 119 cm³/mol. The number of hydrogen-bond donors (Lipinski definition) is 0. The fourth-order valence-electron chi connectivity index (χ4n) is 9.85. The van der Waals surface area contributed by atoms with Gasteiger partial charge in [0.2, 0.25) is 0 Å². The number of carbonyl (C=O) groups is 1. The largest absolute Gasteiger partial charge is 0.297 e. The minimum absolute atomic E-state index is 0.169. The summed E-state index contributed by atoms with van der Waals surface area (Å²) in [6.07, 6.45) is 15.4. The van der Waals surface area contributed by atoms with E-state index in [9.17, 15) is 4.79 Å². The van der Waals surface area contributed by atoms with Gasteiger partial charge in [0.1, 0.15) is 6.07 Å². The molecule has 5 saturated carbocycles. The van der Waals surface area contributed by atoms with Crippen molar-refractivity contribution in [2.24, 2.45) is 51.8 Å². The highest BCUT2D eigenvalue weighted by Crippen LogP contribution is 2.78. The maximum atomic E-state index is 13.3. The molecule has 166 valence electrons. The van der Waals surface area contributed by atoms with Gasteiger partial charge in [-0.25, -0.2) is 0 Å². The third-order valence-corrected chi connectivity index (χ3v) is 11.3. The fourth-order valence-corrected chi connectivity index (χ4v) is 9.85. The molecule has 4 heteroatoms. The molecule has 0 aliphatic heterocycles. The average molecular weight is 420 g/mol. The monoisotopic (exact) mass is 419 g/mol. The second-order valence-corrected chi connectivity index (χ2v) is 12.8. The van der Waals surface area contributed by atoms with Crippen LogP contribution in [-0.4, -0.2) is 15.6 Å². The predicted octanol–water partition coefficient (Wildman–Crippen LogP) is 5.62. The molecule has 0 amide bonds. The van der Waals surface area contributed by atoms with E-state index in [1.807, 2.05) is 0 Å². The Labute approximate surface area is 186 Å². The van der Waals surface area contributed by atoms with Gasteiger partial charge in [0.25, 0.3) is 0 Å². The van der Waals surface area contributed by atoms with Gasteiger partial charge in [0.05, 0.1) is 18.3 Å². The lowest BCUT2D eigenvalue weighted by molar-refractivity contribution is -0.132. The van der Waals surface area contributed by atoms with E-state index in [0.29, 0.717) is 28.7 Å². The van der Waals surface area contributed by atoms with Crippen molar-refractivity contribution in [3.05, 3.63) is 18.0 Å². The van der Waals surface area contributed by atoms with Crippen LogP contribution in [0.4, 0.5) is 0 Å². The summed E-state index contributed by atoms with van der Waals surface area (Å²) in [5, 5.41) is 13.3.